The van der Waals surface area contributed by atoms with Crippen LogP contribution in [0.25, 0.3) is 0 Å². The number of nitrogens with zero attached hydrogens (tertiary/aromatic N) is 1. The Morgan fingerprint density at radius 3 is 2.33 bits per heavy atom. The summed E-state index contributed by atoms with van der Waals surface area (Å²) < 4.78 is 17.8. The quantitative estimate of drug-likeness (QED) is 0.161. The number of methoxy groups -OCH3 is 1. The van der Waals surface area contributed by atoms with Gasteiger partial charge in [-0.2, -0.15) is 0 Å². The molecule has 4 aromatic carbocycles. The molecule has 4 aromatic rings. The summed E-state index contributed by atoms with van der Waals surface area (Å²) in [7, 11) is 1.49. The highest BCUT2D eigenvalue weighted by molar-refractivity contribution is 6.33. The lowest BCUT2D eigenvalue weighted by Crippen LogP contribution is -2.44. The van der Waals surface area contributed by atoms with Crippen molar-refractivity contribution >= 4 is 40.9 Å². The Labute approximate surface area is 271 Å². The van der Waals surface area contributed by atoms with Crippen molar-refractivity contribution in [2.45, 2.75) is 31.6 Å². The van der Waals surface area contributed by atoms with Crippen LogP contribution in [0.5, 0.6) is 11.5 Å². The molecule has 3 amide bonds. The monoisotopic (exact) mass is 643 g/mol. The summed E-state index contributed by atoms with van der Waals surface area (Å²) in [5, 5.41) is 15.1. The molecule has 0 bridgehead atoms. The Morgan fingerprint density at radius 2 is 1.61 bits per heavy atom. The topological polar surface area (TPSA) is 126 Å². The highest BCUT2D eigenvalue weighted by Crippen LogP contribution is 2.29. The van der Waals surface area contributed by atoms with Crippen molar-refractivity contribution in [3.05, 3.63) is 119 Å². The fourth-order valence-electron chi connectivity index (χ4n) is 5.24. The molecule has 1 aliphatic rings. The number of carboxylic acids is 1. The Balaban J connectivity index is 1.26. The van der Waals surface area contributed by atoms with E-state index in [1.54, 1.807) is 59.5 Å². The summed E-state index contributed by atoms with van der Waals surface area (Å²) >= 11 is 6.15. The fourth-order valence-corrected chi connectivity index (χ4v) is 5.43. The number of halogens is 1. The van der Waals surface area contributed by atoms with E-state index in [0.29, 0.717) is 53.0 Å². The molecule has 2 atom stereocenters. The number of anilines is 2. The first-order valence-corrected chi connectivity index (χ1v) is 15.1. The van der Waals surface area contributed by atoms with Crippen molar-refractivity contribution in [3.63, 3.8) is 0 Å². The SMILES string of the molecule is COc1cc(CC(=O)N2CC[C@@H](OCc3ccccc3)[C@H]2COc2ccc(C(=O)O)cc2)ccc1NC(=O)Nc1ccccc1Cl. The van der Waals surface area contributed by atoms with Crippen LogP contribution in [0, 0.1) is 0 Å². The van der Waals surface area contributed by atoms with Crippen LogP contribution in [-0.2, 0) is 22.6 Å². The zero-order valence-corrected chi connectivity index (χ0v) is 25.9. The highest BCUT2D eigenvalue weighted by atomic mass is 35.5. The maximum atomic E-state index is 13.7. The maximum Gasteiger partial charge on any atom is 0.335 e. The number of benzene rings is 4. The number of carbonyl (C=O) groups is 3. The van der Waals surface area contributed by atoms with Crippen molar-refractivity contribution in [3.8, 4) is 11.5 Å². The van der Waals surface area contributed by atoms with E-state index in [1.165, 1.54) is 19.2 Å². The molecular formula is C35H34ClN3O7. The lowest BCUT2D eigenvalue weighted by atomic mass is 10.1. The summed E-state index contributed by atoms with van der Waals surface area (Å²) in [5.74, 6) is -0.235. The standard InChI is InChI=1S/C35H34ClN3O7/c1-44-32-19-24(11-16-29(32)38-35(43)37-28-10-6-5-9-27(28)36)20-33(40)39-18-17-31(46-21-23-7-3-2-4-8-23)30(39)22-45-26-14-12-25(13-15-26)34(41)42/h2-16,19,30-31H,17-18,20-22H2,1H3,(H,41,42)(H2,37,38,43)/t30-,31-/m1/s1. The maximum absolute atomic E-state index is 13.7. The van der Waals surface area contributed by atoms with E-state index in [9.17, 15) is 19.5 Å². The number of amides is 3. The Morgan fingerprint density at radius 1 is 0.891 bits per heavy atom. The van der Waals surface area contributed by atoms with Gasteiger partial charge < -0.3 is 34.9 Å². The third-order valence-corrected chi connectivity index (χ3v) is 7.95. The Hall–Kier alpha value is -5.06. The number of hydrogen-bond donors (Lipinski definition) is 3. The van der Waals surface area contributed by atoms with Crippen molar-refractivity contribution in [1.29, 1.82) is 0 Å². The van der Waals surface area contributed by atoms with Gasteiger partial charge in [0.1, 0.15) is 18.1 Å². The second-order valence-corrected chi connectivity index (χ2v) is 11.1. The number of likely N-dealkylation sites (tertiary alicyclic amines) is 1. The van der Waals surface area contributed by atoms with E-state index in [4.69, 9.17) is 25.8 Å². The van der Waals surface area contributed by atoms with Gasteiger partial charge in [-0.15, -0.1) is 0 Å². The van der Waals surface area contributed by atoms with Gasteiger partial charge in [-0.05, 0) is 66.1 Å². The van der Waals surface area contributed by atoms with Crippen LogP contribution < -0.4 is 20.1 Å². The van der Waals surface area contributed by atoms with Gasteiger partial charge in [0.2, 0.25) is 5.91 Å². The lowest BCUT2D eigenvalue weighted by molar-refractivity contribution is -0.133. The van der Waals surface area contributed by atoms with E-state index in [0.717, 1.165) is 5.56 Å². The zero-order valence-electron chi connectivity index (χ0n) is 25.1. The first-order valence-electron chi connectivity index (χ1n) is 14.7. The zero-order chi connectivity index (χ0) is 32.5. The first kappa shape index (κ1) is 32.3. The molecule has 0 unspecified atom stereocenters. The highest BCUT2D eigenvalue weighted by Gasteiger charge is 2.38. The minimum absolute atomic E-state index is 0.0949. The van der Waals surface area contributed by atoms with Crippen LogP contribution in [0.4, 0.5) is 16.2 Å². The van der Waals surface area contributed by atoms with E-state index in [-0.39, 0.29) is 36.6 Å². The largest absolute Gasteiger partial charge is 0.495 e. The predicted octanol–water partition coefficient (Wildman–Crippen LogP) is 6.50. The number of nitrogens with one attached hydrogen (secondary N) is 2. The van der Waals surface area contributed by atoms with E-state index >= 15 is 0 Å². The molecule has 1 saturated heterocycles. The summed E-state index contributed by atoms with van der Waals surface area (Å²) in [6.07, 6.45) is 0.467. The molecule has 1 aliphatic heterocycles. The molecule has 5 rings (SSSR count). The number of carboxylic acid groups (broad SMARTS) is 1. The van der Waals surface area contributed by atoms with Gasteiger partial charge in [-0.1, -0.05) is 60.1 Å². The molecule has 1 heterocycles. The predicted molar refractivity (Wildman–Crippen MR) is 175 cm³/mol. The van der Waals surface area contributed by atoms with Crippen LogP contribution >= 0.6 is 11.6 Å². The summed E-state index contributed by atoms with van der Waals surface area (Å²) in [6, 6.07) is 27.2. The molecule has 0 aliphatic carbocycles. The smallest absolute Gasteiger partial charge is 0.335 e. The molecule has 0 aromatic heterocycles. The van der Waals surface area contributed by atoms with Crippen molar-refractivity contribution < 1.29 is 33.7 Å². The van der Waals surface area contributed by atoms with E-state index < -0.39 is 12.0 Å². The summed E-state index contributed by atoms with van der Waals surface area (Å²) in [6.45, 7) is 1.06. The second-order valence-electron chi connectivity index (χ2n) is 10.7. The van der Waals surface area contributed by atoms with Crippen LogP contribution in [-0.4, -0.2) is 60.3 Å². The van der Waals surface area contributed by atoms with E-state index in [1.807, 2.05) is 30.3 Å². The minimum Gasteiger partial charge on any atom is -0.495 e. The first-order chi connectivity index (χ1) is 22.3. The van der Waals surface area contributed by atoms with Crippen LogP contribution in [0.3, 0.4) is 0 Å². The fraction of sp³-hybridized carbons (Fsp3) is 0.229. The Kier molecular flexibility index (Phi) is 10.7. The van der Waals surface area contributed by atoms with Gasteiger partial charge in [0.15, 0.2) is 0 Å². The number of ether oxygens (including phenoxy) is 3. The number of para-hydroxylation sites is 1. The Bertz CT molecular complexity index is 1670. The number of carbonyl (C=O) groups excluding carboxylic acids is 2. The molecule has 0 radical (unpaired) electrons. The molecule has 0 spiro atoms. The molecule has 3 N–H and O–H groups in total. The van der Waals surface area contributed by atoms with E-state index in [2.05, 4.69) is 10.6 Å². The van der Waals surface area contributed by atoms with Crippen molar-refractivity contribution in [2.75, 3.05) is 30.9 Å². The average molecular weight is 644 g/mol. The molecule has 238 valence electrons. The molecule has 0 saturated carbocycles. The molecule has 10 nitrogen and oxygen atoms in total. The van der Waals surface area contributed by atoms with Crippen molar-refractivity contribution in [2.24, 2.45) is 0 Å². The summed E-state index contributed by atoms with van der Waals surface area (Å²) in [4.78, 5) is 39.3. The number of urea groups is 1. The third kappa shape index (κ3) is 8.35. The van der Waals surface area contributed by atoms with Gasteiger partial charge in [-0.25, -0.2) is 9.59 Å². The van der Waals surface area contributed by atoms with Crippen molar-refractivity contribution in [1.82, 2.24) is 4.90 Å². The van der Waals surface area contributed by atoms with Gasteiger partial charge in [0.25, 0.3) is 0 Å². The average Bonchev–Trinajstić information content (AvgIpc) is 3.48. The number of aromatic carboxylic acids is 1. The third-order valence-electron chi connectivity index (χ3n) is 7.62. The van der Waals surface area contributed by atoms with Gasteiger partial charge in [0.05, 0.1) is 54.2 Å². The van der Waals surface area contributed by atoms with Gasteiger partial charge in [-0.3, -0.25) is 4.79 Å². The number of hydrogen-bond acceptors (Lipinski definition) is 6. The molecular weight excluding hydrogens is 610 g/mol. The normalized spacial score (nSPS) is 15.7. The minimum atomic E-state index is -1.02. The molecule has 1 fully saturated rings. The number of rotatable bonds is 12. The van der Waals surface area contributed by atoms with Gasteiger partial charge >= 0.3 is 12.0 Å². The second kappa shape index (κ2) is 15.3. The van der Waals surface area contributed by atoms with Crippen LogP contribution in [0.15, 0.2) is 97.1 Å². The summed E-state index contributed by atoms with van der Waals surface area (Å²) in [5.41, 5.74) is 2.79. The van der Waals surface area contributed by atoms with Gasteiger partial charge in [0, 0.05) is 6.54 Å². The molecule has 46 heavy (non-hydrogen) atoms. The van der Waals surface area contributed by atoms with Crippen LogP contribution in [0.1, 0.15) is 27.9 Å². The molecule has 11 heteroatoms. The van der Waals surface area contributed by atoms with Crippen LogP contribution in [0.2, 0.25) is 5.02 Å². The lowest BCUT2D eigenvalue weighted by Gasteiger charge is -2.28.